The van der Waals surface area contributed by atoms with Crippen LogP contribution in [0.1, 0.15) is 29.8 Å². The number of amides is 1. The molecular weight excluding hydrogens is 342 g/mol. The number of Topliss-reactive ketones (excluding diaryl/α,β-unsaturated/α-hetero) is 1. The lowest BCUT2D eigenvalue weighted by Gasteiger charge is -2.11. The summed E-state index contributed by atoms with van der Waals surface area (Å²) in [6.07, 6.45) is -0.876. The van der Waals surface area contributed by atoms with Crippen molar-refractivity contribution in [3.63, 3.8) is 0 Å². The number of nitrogens with one attached hydrogen (secondary N) is 1. The summed E-state index contributed by atoms with van der Waals surface area (Å²) >= 11 is 5.89. The molecule has 0 saturated carbocycles. The number of ketones is 1. The SMILES string of the molecule is CC(=O)c1cccc(NC(=O)C(C)O/N=C(\N)c2cccc(Cl)c2)c1. The highest BCUT2D eigenvalue weighted by Gasteiger charge is 2.15. The van der Waals surface area contributed by atoms with Crippen LogP contribution < -0.4 is 11.1 Å². The van der Waals surface area contributed by atoms with Crippen molar-refractivity contribution in [2.75, 3.05) is 5.32 Å². The number of hydrogen-bond donors (Lipinski definition) is 2. The van der Waals surface area contributed by atoms with Gasteiger partial charge in [-0.1, -0.05) is 41.0 Å². The molecule has 0 fully saturated rings. The summed E-state index contributed by atoms with van der Waals surface area (Å²) in [6, 6.07) is 13.5. The zero-order valence-electron chi connectivity index (χ0n) is 13.8. The third-order valence-corrected chi connectivity index (χ3v) is 3.57. The fourth-order valence-electron chi connectivity index (χ4n) is 1.94. The number of amidine groups is 1. The molecule has 0 aliphatic rings. The molecule has 25 heavy (non-hydrogen) atoms. The summed E-state index contributed by atoms with van der Waals surface area (Å²) in [4.78, 5) is 28.7. The third kappa shape index (κ3) is 5.32. The second-order valence-corrected chi connectivity index (χ2v) is 5.80. The predicted molar refractivity (Wildman–Crippen MR) is 97.8 cm³/mol. The Hall–Kier alpha value is -2.86. The Kier molecular flexibility index (Phi) is 6.14. The van der Waals surface area contributed by atoms with Gasteiger partial charge in [0.25, 0.3) is 5.91 Å². The summed E-state index contributed by atoms with van der Waals surface area (Å²) in [5.74, 6) is -0.386. The first-order valence-electron chi connectivity index (χ1n) is 7.54. The lowest BCUT2D eigenvalue weighted by molar-refractivity contribution is -0.126. The maximum atomic E-state index is 12.1. The van der Waals surface area contributed by atoms with Gasteiger partial charge in [-0.05, 0) is 38.1 Å². The van der Waals surface area contributed by atoms with Gasteiger partial charge in [-0.3, -0.25) is 9.59 Å². The van der Waals surface area contributed by atoms with Gasteiger partial charge in [0.15, 0.2) is 11.6 Å². The average Bonchev–Trinajstić information content (AvgIpc) is 2.59. The molecule has 0 aliphatic carbocycles. The van der Waals surface area contributed by atoms with Crippen molar-refractivity contribution in [3.8, 4) is 0 Å². The molecule has 0 aliphatic heterocycles. The van der Waals surface area contributed by atoms with Crippen molar-refractivity contribution in [2.45, 2.75) is 20.0 Å². The molecule has 0 saturated heterocycles. The Morgan fingerprint density at radius 3 is 2.52 bits per heavy atom. The topological polar surface area (TPSA) is 93.8 Å². The van der Waals surface area contributed by atoms with Crippen LogP contribution in [0.2, 0.25) is 5.02 Å². The number of halogens is 1. The molecule has 1 amide bonds. The van der Waals surface area contributed by atoms with Crippen molar-refractivity contribution >= 4 is 34.8 Å². The summed E-state index contributed by atoms with van der Waals surface area (Å²) in [5, 5.41) is 6.95. The van der Waals surface area contributed by atoms with E-state index in [4.69, 9.17) is 22.2 Å². The highest BCUT2D eigenvalue weighted by atomic mass is 35.5. The maximum absolute atomic E-state index is 12.1. The molecule has 0 bridgehead atoms. The summed E-state index contributed by atoms with van der Waals surface area (Å²) in [6.45, 7) is 3.00. The quantitative estimate of drug-likeness (QED) is 0.358. The van der Waals surface area contributed by atoms with E-state index >= 15 is 0 Å². The van der Waals surface area contributed by atoms with Gasteiger partial charge in [0.2, 0.25) is 6.10 Å². The molecule has 0 aromatic heterocycles. The van der Waals surface area contributed by atoms with Crippen molar-refractivity contribution < 1.29 is 14.4 Å². The largest absolute Gasteiger partial charge is 0.381 e. The van der Waals surface area contributed by atoms with E-state index in [9.17, 15) is 9.59 Å². The summed E-state index contributed by atoms with van der Waals surface area (Å²) < 4.78 is 0. The fraction of sp³-hybridized carbons (Fsp3) is 0.167. The molecule has 130 valence electrons. The molecule has 7 heteroatoms. The molecular formula is C18H18ClN3O3. The van der Waals surface area contributed by atoms with Crippen molar-refractivity contribution in [3.05, 3.63) is 64.7 Å². The zero-order chi connectivity index (χ0) is 18.4. The number of oxime groups is 1. The lowest BCUT2D eigenvalue weighted by Crippen LogP contribution is -2.27. The molecule has 0 radical (unpaired) electrons. The van der Waals surface area contributed by atoms with Gasteiger partial charge in [0, 0.05) is 21.8 Å². The fourth-order valence-corrected chi connectivity index (χ4v) is 2.13. The number of rotatable bonds is 6. The van der Waals surface area contributed by atoms with Gasteiger partial charge in [-0.15, -0.1) is 0 Å². The molecule has 2 aromatic carbocycles. The first-order valence-corrected chi connectivity index (χ1v) is 7.91. The minimum atomic E-state index is -0.876. The van der Waals surface area contributed by atoms with Crippen LogP contribution >= 0.6 is 11.6 Å². The molecule has 3 N–H and O–H groups in total. The van der Waals surface area contributed by atoms with E-state index in [2.05, 4.69) is 10.5 Å². The number of anilines is 1. The highest BCUT2D eigenvalue weighted by Crippen LogP contribution is 2.13. The number of carbonyl (C=O) groups excluding carboxylic acids is 2. The van der Waals surface area contributed by atoms with Crippen LogP contribution in [-0.2, 0) is 9.63 Å². The first-order chi connectivity index (χ1) is 11.9. The maximum Gasteiger partial charge on any atom is 0.267 e. The van der Waals surface area contributed by atoms with Crippen LogP contribution in [0.15, 0.2) is 53.7 Å². The first kappa shape index (κ1) is 18.5. The summed E-state index contributed by atoms with van der Waals surface area (Å²) in [7, 11) is 0. The minimum Gasteiger partial charge on any atom is -0.381 e. The van der Waals surface area contributed by atoms with Crippen molar-refractivity contribution in [2.24, 2.45) is 10.9 Å². The van der Waals surface area contributed by atoms with Gasteiger partial charge < -0.3 is 15.9 Å². The number of nitrogens with zero attached hydrogens (tertiary/aromatic N) is 1. The number of carbonyl (C=O) groups is 2. The third-order valence-electron chi connectivity index (χ3n) is 3.34. The van der Waals surface area contributed by atoms with E-state index in [-0.39, 0.29) is 11.6 Å². The molecule has 6 nitrogen and oxygen atoms in total. The Bertz CT molecular complexity index is 821. The van der Waals surface area contributed by atoms with Crippen LogP contribution in [0.3, 0.4) is 0 Å². The smallest absolute Gasteiger partial charge is 0.267 e. The molecule has 0 spiro atoms. The van der Waals surface area contributed by atoms with Gasteiger partial charge in [-0.25, -0.2) is 0 Å². The van der Waals surface area contributed by atoms with Gasteiger partial charge in [0.05, 0.1) is 0 Å². The summed E-state index contributed by atoms with van der Waals surface area (Å²) in [5.41, 5.74) is 7.42. The highest BCUT2D eigenvalue weighted by molar-refractivity contribution is 6.31. The minimum absolute atomic E-state index is 0.0840. The second kappa shape index (κ2) is 8.30. The zero-order valence-corrected chi connectivity index (χ0v) is 14.6. The monoisotopic (exact) mass is 359 g/mol. The Morgan fingerprint density at radius 2 is 1.84 bits per heavy atom. The number of nitrogens with two attached hydrogens (primary N) is 1. The van der Waals surface area contributed by atoms with E-state index in [0.29, 0.717) is 21.8 Å². The van der Waals surface area contributed by atoms with E-state index in [0.717, 1.165) is 0 Å². The van der Waals surface area contributed by atoms with Gasteiger partial charge in [-0.2, -0.15) is 0 Å². The van der Waals surface area contributed by atoms with Crippen LogP contribution in [0.5, 0.6) is 0 Å². The van der Waals surface area contributed by atoms with Gasteiger partial charge in [0.1, 0.15) is 0 Å². The van der Waals surface area contributed by atoms with Crippen molar-refractivity contribution in [1.82, 2.24) is 0 Å². The van der Waals surface area contributed by atoms with E-state index < -0.39 is 12.0 Å². The van der Waals surface area contributed by atoms with Crippen LogP contribution in [0, 0.1) is 0 Å². The van der Waals surface area contributed by atoms with E-state index in [1.165, 1.54) is 6.92 Å². The number of benzene rings is 2. The molecule has 0 heterocycles. The van der Waals surface area contributed by atoms with Crippen LogP contribution in [0.25, 0.3) is 0 Å². The standard InChI is InChI=1S/C18H18ClN3O3/c1-11(23)13-5-4-8-16(10-13)21-18(24)12(2)25-22-17(20)14-6-3-7-15(19)9-14/h3-10,12H,1-2H3,(H2,20,22)(H,21,24). The number of hydrogen-bond acceptors (Lipinski definition) is 4. The Balaban J connectivity index is 1.99. The predicted octanol–water partition coefficient (Wildman–Crippen LogP) is 3.21. The lowest BCUT2D eigenvalue weighted by atomic mass is 10.1. The molecule has 1 unspecified atom stereocenters. The average molecular weight is 360 g/mol. The molecule has 2 rings (SSSR count). The normalized spacial score (nSPS) is 12.4. The van der Waals surface area contributed by atoms with Crippen molar-refractivity contribution in [1.29, 1.82) is 0 Å². The molecule has 1 atom stereocenters. The molecule has 2 aromatic rings. The van der Waals surface area contributed by atoms with Gasteiger partial charge >= 0.3 is 0 Å². The van der Waals surface area contributed by atoms with Crippen LogP contribution in [-0.4, -0.2) is 23.6 Å². The van der Waals surface area contributed by atoms with E-state index in [1.807, 2.05) is 0 Å². The van der Waals surface area contributed by atoms with Crippen LogP contribution in [0.4, 0.5) is 5.69 Å². The van der Waals surface area contributed by atoms with E-state index in [1.54, 1.807) is 55.5 Å². The second-order valence-electron chi connectivity index (χ2n) is 5.36. The Morgan fingerprint density at radius 1 is 1.16 bits per heavy atom. The Labute approximate surface area is 150 Å².